The van der Waals surface area contributed by atoms with E-state index in [-0.39, 0.29) is 17.6 Å². The molecule has 0 bridgehead atoms. The van der Waals surface area contributed by atoms with Crippen LogP contribution in [0.2, 0.25) is 0 Å². The molecule has 2 rings (SSSR count). The zero-order valence-electron chi connectivity index (χ0n) is 12.9. The number of hydrogen-bond donors (Lipinski definition) is 2. The van der Waals surface area contributed by atoms with Gasteiger partial charge in [0.25, 0.3) is 5.91 Å². The van der Waals surface area contributed by atoms with Crippen molar-refractivity contribution in [2.24, 2.45) is 0 Å². The molecule has 1 aromatic heterocycles. The van der Waals surface area contributed by atoms with Crippen LogP contribution in [0.5, 0.6) is 0 Å². The van der Waals surface area contributed by atoms with Gasteiger partial charge in [0, 0.05) is 22.1 Å². The lowest BCUT2D eigenvalue weighted by Gasteiger charge is -2.09. The van der Waals surface area contributed by atoms with Crippen LogP contribution >= 0.6 is 27.7 Å². The molecule has 2 aromatic rings. The minimum absolute atomic E-state index is 0.238. The molecular weight excluding hydrogens is 378 g/mol. The second kappa shape index (κ2) is 8.21. The maximum Gasteiger partial charge on any atom is 0.286 e. The number of thioether (sulfide) groups is 1. The molecule has 1 aromatic carbocycles. The zero-order valence-corrected chi connectivity index (χ0v) is 15.3. The Morgan fingerprint density at radius 2 is 1.91 bits per heavy atom. The van der Waals surface area contributed by atoms with E-state index in [4.69, 9.17) is 0 Å². The lowest BCUT2D eigenvalue weighted by Crippen LogP contribution is -2.43. The second-order valence-electron chi connectivity index (χ2n) is 4.93. The summed E-state index contributed by atoms with van der Waals surface area (Å²) in [6, 6.07) is 9.65. The third-order valence-electron chi connectivity index (χ3n) is 3.14. The third-order valence-corrected chi connectivity index (χ3v) is 4.59. The lowest BCUT2D eigenvalue weighted by molar-refractivity contribution is -0.119. The molecule has 122 valence electrons. The van der Waals surface area contributed by atoms with E-state index in [1.165, 1.54) is 17.3 Å². The van der Waals surface area contributed by atoms with Crippen molar-refractivity contribution in [2.45, 2.75) is 25.3 Å². The number of carbonyl (C=O) groups is 2. The molecule has 0 aliphatic rings. The van der Waals surface area contributed by atoms with Crippen LogP contribution in [0.15, 0.2) is 45.9 Å². The summed E-state index contributed by atoms with van der Waals surface area (Å²) in [6.07, 6.45) is 1.82. The second-order valence-corrected chi connectivity index (χ2v) is 6.90. The highest BCUT2D eigenvalue weighted by Gasteiger charge is 2.13. The molecule has 1 heterocycles. The number of rotatable bonds is 5. The van der Waals surface area contributed by atoms with Crippen LogP contribution in [-0.4, -0.2) is 22.1 Å². The van der Waals surface area contributed by atoms with Crippen molar-refractivity contribution in [3.05, 3.63) is 52.3 Å². The van der Waals surface area contributed by atoms with Gasteiger partial charge in [-0.25, -0.2) is 0 Å². The molecule has 0 radical (unpaired) electrons. The van der Waals surface area contributed by atoms with E-state index in [0.29, 0.717) is 12.2 Å². The lowest BCUT2D eigenvalue weighted by atomic mass is 10.2. The molecule has 0 unspecified atom stereocenters. The highest BCUT2D eigenvalue weighted by Crippen LogP contribution is 2.18. The molecule has 23 heavy (non-hydrogen) atoms. The first kappa shape index (κ1) is 17.6. The van der Waals surface area contributed by atoms with Crippen LogP contribution in [0.3, 0.4) is 0 Å². The number of nitrogens with one attached hydrogen (secondary N) is 2. The Kier molecular flexibility index (Phi) is 6.29. The van der Waals surface area contributed by atoms with Crippen molar-refractivity contribution in [1.82, 2.24) is 15.4 Å². The fourth-order valence-corrected chi connectivity index (χ4v) is 3.10. The van der Waals surface area contributed by atoms with Crippen LogP contribution < -0.4 is 10.9 Å². The van der Waals surface area contributed by atoms with E-state index in [2.05, 4.69) is 26.8 Å². The monoisotopic (exact) mass is 395 g/mol. The van der Waals surface area contributed by atoms with E-state index in [9.17, 15) is 9.59 Å². The SMILES string of the molecule is CCn1cc(Br)cc1C(=O)NNC(=O)CSc1ccc(C)cc1. The molecule has 0 atom stereocenters. The predicted molar refractivity (Wildman–Crippen MR) is 95.3 cm³/mol. The van der Waals surface area contributed by atoms with Crippen LogP contribution in [0.1, 0.15) is 23.0 Å². The summed E-state index contributed by atoms with van der Waals surface area (Å²) in [5, 5.41) is 0. The summed E-state index contributed by atoms with van der Waals surface area (Å²) >= 11 is 4.76. The number of carbonyl (C=O) groups excluding carboxylic acids is 2. The van der Waals surface area contributed by atoms with Crippen molar-refractivity contribution in [3.8, 4) is 0 Å². The Labute approximate surface area is 147 Å². The van der Waals surface area contributed by atoms with Crippen LogP contribution in [0.25, 0.3) is 0 Å². The van der Waals surface area contributed by atoms with Gasteiger partial charge in [0.1, 0.15) is 5.69 Å². The number of nitrogens with zero attached hydrogens (tertiary/aromatic N) is 1. The average Bonchev–Trinajstić information content (AvgIpc) is 2.93. The quantitative estimate of drug-likeness (QED) is 0.603. The number of aromatic nitrogens is 1. The van der Waals surface area contributed by atoms with Gasteiger partial charge in [0.05, 0.1) is 5.75 Å². The average molecular weight is 396 g/mol. The van der Waals surface area contributed by atoms with Gasteiger partial charge in [-0.3, -0.25) is 20.4 Å². The summed E-state index contributed by atoms with van der Waals surface area (Å²) in [7, 11) is 0. The number of halogens is 1. The first-order chi connectivity index (χ1) is 11.0. The molecule has 7 heteroatoms. The van der Waals surface area contributed by atoms with E-state index in [1.807, 2.05) is 44.3 Å². The molecule has 2 N–H and O–H groups in total. The number of aryl methyl sites for hydroxylation is 2. The Morgan fingerprint density at radius 1 is 1.22 bits per heavy atom. The molecule has 0 fully saturated rings. The molecular formula is C16H18BrN3O2S. The summed E-state index contributed by atoms with van der Waals surface area (Å²) in [4.78, 5) is 24.9. The van der Waals surface area contributed by atoms with E-state index in [0.717, 1.165) is 9.37 Å². The Hall–Kier alpha value is -1.73. The number of amides is 2. The minimum atomic E-state index is -0.341. The van der Waals surface area contributed by atoms with Crippen molar-refractivity contribution in [3.63, 3.8) is 0 Å². The van der Waals surface area contributed by atoms with E-state index in [1.54, 1.807) is 10.6 Å². The van der Waals surface area contributed by atoms with E-state index < -0.39 is 0 Å². The standard InChI is InChI=1S/C16H18BrN3O2S/c1-3-20-9-12(17)8-14(20)16(22)19-18-15(21)10-23-13-6-4-11(2)5-7-13/h4-9H,3,10H2,1-2H3,(H,18,21)(H,19,22). The van der Waals surface area contributed by atoms with Gasteiger partial charge >= 0.3 is 0 Å². The molecule has 0 spiro atoms. The summed E-state index contributed by atoms with van der Waals surface area (Å²) in [6.45, 7) is 4.63. The minimum Gasteiger partial charge on any atom is -0.343 e. The first-order valence-corrected chi connectivity index (χ1v) is 8.91. The molecule has 0 saturated heterocycles. The summed E-state index contributed by atoms with van der Waals surface area (Å²) < 4.78 is 2.62. The Balaban J connectivity index is 1.81. The number of hydrogen-bond acceptors (Lipinski definition) is 3. The summed E-state index contributed by atoms with van der Waals surface area (Å²) in [5.74, 6) is -0.356. The van der Waals surface area contributed by atoms with Gasteiger partial charge in [0.2, 0.25) is 5.91 Å². The van der Waals surface area contributed by atoms with Gasteiger partial charge in [0.15, 0.2) is 0 Å². The largest absolute Gasteiger partial charge is 0.343 e. The van der Waals surface area contributed by atoms with E-state index >= 15 is 0 Å². The number of hydrazine groups is 1. The Bertz CT molecular complexity index is 698. The molecule has 5 nitrogen and oxygen atoms in total. The van der Waals surface area contributed by atoms with Crippen molar-refractivity contribution >= 4 is 39.5 Å². The normalized spacial score (nSPS) is 10.4. The van der Waals surface area contributed by atoms with Gasteiger partial charge in [-0.2, -0.15) is 0 Å². The summed E-state index contributed by atoms with van der Waals surface area (Å²) in [5.41, 5.74) is 6.54. The zero-order chi connectivity index (χ0) is 16.8. The fourth-order valence-electron chi connectivity index (χ4n) is 1.94. The molecule has 0 aliphatic carbocycles. The number of benzene rings is 1. The van der Waals surface area contributed by atoms with Crippen molar-refractivity contribution in [2.75, 3.05) is 5.75 Å². The third kappa shape index (κ3) is 5.14. The molecule has 0 aliphatic heterocycles. The molecule has 0 saturated carbocycles. The topological polar surface area (TPSA) is 63.1 Å². The van der Waals surface area contributed by atoms with Gasteiger partial charge in [-0.15, -0.1) is 11.8 Å². The van der Waals surface area contributed by atoms with Crippen LogP contribution in [0.4, 0.5) is 0 Å². The van der Waals surface area contributed by atoms with Crippen molar-refractivity contribution in [1.29, 1.82) is 0 Å². The van der Waals surface area contributed by atoms with Crippen LogP contribution in [0, 0.1) is 6.92 Å². The van der Waals surface area contributed by atoms with Crippen LogP contribution in [-0.2, 0) is 11.3 Å². The maximum absolute atomic E-state index is 12.1. The predicted octanol–water partition coefficient (Wildman–Crippen LogP) is 3.13. The fraction of sp³-hybridized carbons (Fsp3) is 0.250. The van der Waals surface area contributed by atoms with Gasteiger partial charge in [-0.1, -0.05) is 17.7 Å². The highest BCUT2D eigenvalue weighted by molar-refractivity contribution is 9.10. The highest BCUT2D eigenvalue weighted by atomic mass is 79.9. The Morgan fingerprint density at radius 3 is 2.57 bits per heavy atom. The molecule has 2 amide bonds. The van der Waals surface area contributed by atoms with Gasteiger partial charge in [-0.05, 0) is 48.0 Å². The maximum atomic E-state index is 12.1. The smallest absolute Gasteiger partial charge is 0.286 e. The van der Waals surface area contributed by atoms with Crippen molar-refractivity contribution < 1.29 is 9.59 Å². The van der Waals surface area contributed by atoms with Gasteiger partial charge < -0.3 is 4.57 Å². The first-order valence-electron chi connectivity index (χ1n) is 7.14.